The fourth-order valence-electron chi connectivity index (χ4n) is 4.27. The van der Waals surface area contributed by atoms with Crippen LogP contribution in [0.15, 0.2) is 65.5 Å². The van der Waals surface area contributed by atoms with Crippen LogP contribution in [0.4, 0.5) is 18.0 Å². The Bertz CT molecular complexity index is 1280. The number of nitrogens with one attached hydrogen (secondary N) is 1. The van der Waals surface area contributed by atoms with Crippen LogP contribution in [0, 0.1) is 0 Å². The number of fused-ring (bicyclic) bond motifs is 1. The van der Waals surface area contributed by atoms with E-state index in [0.717, 1.165) is 11.6 Å². The number of hydrazone groups is 1. The number of carbonyl (C=O) groups is 2. The Morgan fingerprint density at radius 2 is 1.89 bits per heavy atom. The van der Waals surface area contributed by atoms with Crippen molar-refractivity contribution in [3.8, 4) is 0 Å². The fourth-order valence-corrected chi connectivity index (χ4v) is 4.40. The highest BCUT2D eigenvalue weighted by molar-refractivity contribution is 6.30. The van der Waals surface area contributed by atoms with Crippen molar-refractivity contribution in [3.63, 3.8) is 0 Å². The van der Waals surface area contributed by atoms with Crippen LogP contribution in [-0.2, 0) is 20.4 Å². The van der Waals surface area contributed by atoms with Gasteiger partial charge < -0.3 is 25.4 Å². The monoisotopic (exact) mass is 551 g/mol. The van der Waals surface area contributed by atoms with Crippen molar-refractivity contribution in [2.45, 2.75) is 24.7 Å². The average Bonchev–Trinajstić information content (AvgIpc) is 3.37. The maximum atomic E-state index is 13.7. The predicted molar refractivity (Wildman–Crippen MR) is 133 cm³/mol. The summed E-state index contributed by atoms with van der Waals surface area (Å²) >= 11 is 6.02. The van der Waals surface area contributed by atoms with Crippen molar-refractivity contribution in [1.29, 1.82) is 0 Å². The second kappa shape index (κ2) is 10.5. The van der Waals surface area contributed by atoms with E-state index in [-0.39, 0.29) is 12.1 Å². The molecule has 2 unspecified atom stereocenters. The number of ether oxygens (including phenoxy) is 2. The maximum absolute atomic E-state index is 13.7. The lowest BCUT2D eigenvalue weighted by Gasteiger charge is -2.24. The number of rotatable bonds is 8. The standard InChI is InChI=1S/C25H25ClF3N5O4/c1-24(37-2)11-21-33(14-24)22(15-7-9-16(26)10-8-15)32-34(21)12-20(35)31-19(13-38-23(30)36)17-5-3-4-6-18(17)25(27,28)29/h3-11,19H,12-14H2,1-2H3,(H2,30,36)(H,31,35). The number of methoxy groups -OCH3 is 1. The zero-order valence-electron chi connectivity index (χ0n) is 20.5. The Labute approximate surface area is 221 Å². The van der Waals surface area contributed by atoms with Gasteiger partial charge >= 0.3 is 12.3 Å². The normalized spacial score (nSPS) is 19.5. The average molecular weight is 552 g/mol. The van der Waals surface area contributed by atoms with E-state index >= 15 is 0 Å². The van der Waals surface area contributed by atoms with Crippen LogP contribution in [0.1, 0.15) is 29.7 Å². The van der Waals surface area contributed by atoms with E-state index in [4.69, 9.17) is 26.8 Å². The number of halogens is 4. The predicted octanol–water partition coefficient (Wildman–Crippen LogP) is 3.85. The zero-order valence-corrected chi connectivity index (χ0v) is 21.2. The molecule has 9 nitrogen and oxygen atoms in total. The highest BCUT2D eigenvalue weighted by Crippen LogP contribution is 2.36. The summed E-state index contributed by atoms with van der Waals surface area (Å²) in [6.07, 6.45) is -4.06. The molecule has 2 aromatic rings. The van der Waals surface area contributed by atoms with Gasteiger partial charge in [0.1, 0.15) is 24.6 Å². The van der Waals surface area contributed by atoms with Gasteiger partial charge in [-0.05, 0) is 48.9 Å². The molecule has 38 heavy (non-hydrogen) atoms. The first-order chi connectivity index (χ1) is 17.9. The fraction of sp³-hybridized carbons (Fsp3) is 0.320. The molecule has 0 fully saturated rings. The summed E-state index contributed by atoms with van der Waals surface area (Å²) in [5.41, 5.74) is 3.87. The number of hydrogen-bond donors (Lipinski definition) is 2. The summed E-state index contributed by atoms with van der Waals surface area (Å²) in [7, 11) is 1.57. The summed E-state index contributed by atoms with van der Waals surface area (Å²) in [4.78, 5) is 26.2. The van der Waals surface area contributed by atoms with Gasteiger partial charge in [-0.1, -0.05) is 29.8 Å². The quantitative estimate of drug-likeness (QED) is 0.516. The van der Waals surface area contributed by atoms with Crippen molar-refractivity contribution >= 4 is 29.4 Å². The molecule has 2 aliphatic rings. The molecule has 13 heteroatoms. The largest absolute Gasteiger partial charge is 0.447 e. The third kappa shape index (κ3) is 5.86. The van der Waals surface area contributed by atoms with E-state index in [1.165, 1.54) is 23.2 Å². The summed E-state index contributed by atoms with van der Waals surface area (Å²) in [6, 6.07) is 10.4. The molecule has 0 aliphatic carbocycles. The van der Waals surface area contributed by atoms with Crippen molar-refractivity contribution in [2.24, 2.45) is 10.8 Å². The molecule has 0 spiro atoms. The Morgan fingerprint density at radius 1 is 1.21 bits per heavy atom. The molecular formula is C25H25ClF3N5O4. The number of amidine groups is 1. The molecule has 202 valence electrons. The minimum absolute atomic E-state index is 0.268. The number of alkyl halides is 3. The number of nitrogens with two attached hydrogens (primary N) is 1. The smallest absolute Gasteiger partial charge is 0.416 e. The molecule has 2 aliphatic heterocycles. The van der Waals surface area contributed by atoms with Crippen LogP contribution in [0.2, 0.25) is 5.02 Å². The van der Waals surface area contributed by atoms with E-state index in [2.05, 4.69) is 10.4 Å². The highest BCUT2D eigenvalue weighted by Gasteiger charge is 2.43. The van der Waals surface area contributed by atoms with Crippen molar-refractivity contribution in [2.75, 3.05) is 26.8 Å². The van der Waals surface area contributed by atoms with Gasteiger partial charge in [-0.3, -0.25) is 4.79 Å². The molecule has 0 saturated carbocycles. The van der Waals surface area contributed by atoms with Crippen LogP contribution < -0.4 is 11.1 Å². The molecule has 2 heterocycles. The molecule has 2 aromatic carbocycles. The van der Waals surface area contributed by atoms with Crippen molar-refractivity contribution in [3.05, 3.63) is 82.1 Å². The van der Waals surface area contributed by atoms with Gasteiger partial charge in [-0.15, -0.1) is 0 Å². The van der Waals surface area contributed by atoms with Crippen LogP contribution in [0.25, 0.3) is 0 Å². The highest BCUT2D eigenvalue weighted by atomic mass is 35.5. The van der Waals surface area contributed by atoms with Gasteiger partial charge in [0.2, 0.25) is 5.91 Å². The first-order valence-corrected chi connectivity index (χ1v) is 11.8. The molecule has 2 amide bonds. The van der Waals surface area contributed by atoms with E-state index in [9.17, 15) is 22.8 Å². The zero-order chi connectivity index (χ0) is 27.7. The topological polar surface area (TPSA) is 109 Å². The van der Waals surface area contributed by atoms with Gasteiger partial charge in [0, 0.05) is 17.7 Å². The van der Waals surface area contributed by atoms with Gasteiger partial charge in [-0.25, -0.2) is 9.80 Å². The number of primary amides is 1. The van der Waals surface area contributed by atoms with Crippen LogP contribution in [0.3, 0.4) is 0 Å². The molecule has 0 bridgehead atoms. The lowest BCUT2D eigenvalue weighted by molar-refractivity contribution is -0.139. The second-order valence-corrected chi connectivity index (χ2v) is 9.37. The Morgan fingerprint density at radius 3 is 2.53 bits per heavy atom. The van der Waals surface area contributed by atoms with Gasteiger partial charge in [0.05, 0.1) is 18.2 Å². The number of benzene rings is 2. The third-order valence-corrected chi connectivity index (χ3v) is 6.40. The summed E-state index contributed by atoms with van der Waals surface area (Å²) in [6.45, 7) is 1.37. The first-order valence-electron chi connectivity index (χ1n) is 11.5. The molecule has 2 atom stereocenters. The molecular weight excluding hydrogens is 527 g/mol. The first kappa shape index (κ1) is 27.3. The van der Waals surface area contributed by atoms with E-state index in [0.29, 0.717) is 23.2 Å². The lowest BCUT2D eigenvalue weighted by atomic mass is 10.00. The Hall–Kier alpha value is -3.77. The number of carbonyl (C=O) groups excluding carboxylic acids is 2. The van der Waals surface area contributed by atoms with Gasteiger partial charge in [0.25, 0.3) is 0 Å². The minimum atomic E-state index is -4.70. The minimum Gasteiger partial charge on any atom is -0.447 e. The number of amides is 2. The summed E-state index contributed by atoms with van der Waals surface area (Å²) < 4.78 is 51.3. The van der Waals surface area contributed by atoms with Crippen LogP contribution in [-0.4, -0.2) is 60.2 Å². The molecule has 4 rings (SSSR count). The van der Waals surface area contributed by atoms with Crippen LogP contribution in [0.5, 0.6) is 0 Å². The molecule has 0 aromatic heterocycles. The van der Waals surface area contributed by atoms with Crippen molar-refractivity contribution < 1.29 is 32.2 Å². The Balaban J connectivity index is 1.61. The van der Waals surface area contributed by atoms with Gasteiger partial charge in [0.15, 0.2) is 5.84 Å². The SMILES string of the molecule is COC1(C)C=C2N(CC(=O)NC(COC(N)=O)c3ccccc3C(F)(F)F)N=C(c3ccc(Cl)cc3)N2C1. The van der Waals surface area contributed by atoms with Crippen LogP contribution >= 0.6 is 11.6 Å². The Kier molecular flexibility index (Phi) is 7.56. The molecule has 0 radical (unpaired) electrons. The van der Waals surface area contributed by atoms with Gasteiger partial charge in [-0.2, -0.15) is 18.3 Å². The van der Waals surface area contributed by atoms with E-state index in [1.54, 1.807) is 31.4 Å². The maximum Gasteiger partial charge on any atom is 0.416 e. The molecule has 0 saturated heterocycles. The summed E-state index contributed by atoms with van der Waals surface area (Å²) in [5, 5.41) is 9.10. The van der Waals surface area contributed by atoms with E-state index < -0.39 is 42.0 Å². The number of hydrogen-bond acceptors (Lipinski definition) is 7. The summed E-state index contributed by atoms with van der Waals surface area (Å²) in [5.74, 6) is 0.473. The third-order valence-electron chi connectivity index (χ3n) is 6.15. The molecule has 3 N–H and O–H groups in total. The number of nitrogens with zero attached hydrogens (tertiary/aromatic N) is 3. The second-order valence-electron chi connectivity index (χ2n) is 8.93. The van der Waals surface area contributed by atoms with E-state index in [1.807, 2.05) is 17.9 Å². The lowest BCUT2D eigenvalue weighted by Crippen LogP contribution is -2.39. The van der Waals surface area contributed by atoms with Crippen molar-refractivity contribution in [1.82, 2.24) is 15.2 Å².